The summed E-state index contributed by atoms with van der Waals surface area (Å²) in [6.45, 7) is 4.34. The smallest absolute Gasteiger partial charge is 0.238 e. The molecule has 0 saturated carbocycles. The van der Waals surface area contributed by atoms with Gasteiger partial charge < -0.3 is 10.6 Å². The van der Waals surface area contributed by atoms with E-state index < -0.39 is 0 Å². The number of aromatic nitrogens is 2. The van der Waals surface area contributed by atoms with Crippen molar-refractivity contribution in [2.75, 3.05) is 11.9 Å². The van der Waals surface area contributed by atoms with E-state index >= 15 is 0 Å². The highest BCUT2D eigenvalue weighted by Crippen LogP contribution is 2.39. The van der Waals surface area contributed by atoms with Gasteiger partial charge in [0.05, 0.1) is 23.5 Å². The monoisotopic (exact) mass is 409 g/mol. The molecule has 0 spiro atoms. The quantitative estimate of drug-likeness (QED) is 0.795. The highest BCUT2D eigenvalue weighted by atomic mass is 16.2. The Labute approximate surface area is 177 Å². The lowest BCUT2D eigenvalue weighted by molar-refractivity contribution is -0.122. The second-order valence-corrected chi connectivity index (χ2v) is 8.94. The average molecular weight is 410 g/mol. The number of amides is 2. The lowest BCUT2D eigenvalue weighted by Gasteiger charge is -2.34. The van der Waals surface area contributed by atoms with Crippen LogP contribution in [0.5, 0.6) is 0 Å². The second-order valence-electron chi connectivity index (χ2n) is 8.94. The van der Waals surface area contributed by atoms with E-state index in [0.29, 0.717) is 13.0 Å². The Morgan fingerprint density at radius 1 is 1.33 bits per heavy atom. The maximum absolute atomic E-state index is 13.0. The molecule has 2 aromatic rings. The van der Waals surface area contributed by atoms with Crippen LogP contribution in [-0.2, 0) is 23.1 Å². The number of hydrogen-bond acceptors (Lipinski definition) is 4. The number of anilines is 1. The van der Waals surface area contributed by atoms with Gasteiger partial charge in [0, 0.05) is 31.7 Å². The van der Waals surface area contributed by atoms with E-state index in [4.69, 9.17) is 0 Å². The van der Waals surface area contributed by atoms with Crippen LogP contribution in [0.25, 0.3) is 0 Å². The molecule has 2 amide bonds. The number of hydrogen-bond donors (Lipinski definition) is 2. The largest absolute Gasteiger partial charge is 0.349 e. The molecule has 1 aromatic heterocycles. The van der Waals surface area contributed by atoms with Crippen LogP contribution < -0.4 is 10.6 Å². The predicted octanol–water partition coefficient (Wildman–Crippen LogP) is 2.41. The first kappa shape index (κ1) is 20.6. The van der Waals surface area contributed by atoms with Crippen LogP contribution in [0.15, 0.2) is 36.5 Å². The fourth-order valence-corrected chi connectivity index (χ4v) is 5.21. The number of nitrogens with zero attached hydrogens (tertiary/aromatic N) is 3. The van der Waals surface area contributed by atoms with Crippen LogP contribution >= 0.6 is 0 Å². The molecule has 1 aromatic carbocycles. The summed E-state index contributed by atoms with van der Waals surface area (Å²) in [7, 11) is 1.85. The van der Waals surface area contributed by atoms with Gasteiger partial charge in [-0.2, -0.15) is 5.10 Å². The Morgan fingerprint density at radius 3 is 2.80 bits per heavy atom. The van der Waals surface area contributed by atoms with Crippen LogP contribution in [0, 0.1) is 6.92 Å². The van der Waals surface area contributed by atoms with Crippen LogP contribution in [0.4, 0.5) is 5.69 Å². The topological polar surface area (TPSA) is 79.3 Å². The van der Waals surface area contributed by atoms with E-state index in [0.717, 1.165) is 37.1 Å². The van der Waals surface area contributed by atoms with Crippen molar-refractivity contribution in [2.24, 2.45) is 7.05 Å². The molecule has 0 radical (unpaired) electrons. The van der Waals surface area contributed by atoms with Crippen molar-refractivity contribution in [3.05, 3.63) is 47.8 Å². The van der Waals surface area contributed by atoms with Gasteiger partial charge in [0.15, 0.2) is 0 Å². The van der Waals surface area contributed by atoms with Crippen LogP contribution in [0.3, 0.4) is 0 Å². The van der Waals surface area contributed by atoms with Gasteiger partial charge in [0.2, 0.25) is 11.8 Å². The van der Waals surface area contributed by atoms with E-state index in [-0.39, 0.29) is 29.4 Å². The number of aryl methyl sites for hydroxylation is 2. The third-order valence-electron chi connectivity index (χ3n) is 6.50. The third-order valence-corrected chi connectivity index (χ3v) is 6.50. The number of carbonyl (C=O) groups is 2. The molecule has 30 heavy (non-hydrogen) atoms. The lowest BCUT2D eigenvalue weighted by Crippen LogP contribution is -2.54. The summed E-state index contributed by atoms with van der Waals surface area (Å²) in [6, 6.07) is 10.7. The first-order valence-electron chi connectivity index (χ1n) is 10.7. The van der Waals surface area contributed by atoms with Crippen molar-refractivity contribution < 1.29 is 9.59 Å². The Kier molecular flexibility index (Phi) is 5.64. The Balaban J connectivity index is 1.56. The molecule has 7 heteroatoms. The van der Waals surface area contributed by atoms with Crippen LogP contribution in [-0.4, -0.2) is 50.7 Å². The molecular formula is C23H31N5O2. The van der Waals surface area contributed by atoms with Gasteiger partial charge in [-0.1, -0.05) is 30.3 Å². The first-order chi connectivity index (χ1) is 14.3. The molecule has 160 valence electrons. The van der Waals surface area contributed by atoms with Gasteiger partial charge in [-0.25, -0.2) is 0 Å². The molecule has 2 aliphatic heterocycles. The summed E-state index contributed by atoms with van der Waals surface area (Å²) in [5, 5.41) is 10.6. The Morgan fingerprint density at radius 2 is 2.10 bits per heavy atom. The summed E-state index contributed by atoms with van der Waals surface area (Å²) in [5.41, 5.74) is 2.50. The zero-order valence-electron chi connectivity index (χ0n) is 18.0. The highest BCUT2D eigenvalue weighted by Gasteiger charge is 2.50. The molecule has 3 atom stereocenters. The molecule has 3 heterocycles. The Hall–Kier alpha value is -2.67. The predicted molar refractivity (Wildman–Crippen MR) is 116 cm³/mol. The lowest BCUT2D eigenvalue weighted by atomic mass is 9.89. The summed E-state index contributed by atoms with van der Waals surface area (Å²) in [5.74, 6) is 0.0831. The number of benzene rings is 1. The molecule has 0 aliphatic carbocycles. The van der Waals surface area contributed by atoms with Gasteiger partial charge in [0.25, 0.3) is 0 Å². The molecule has 0 unspecified atom stereocenters. The number of fused-ring (bicyclic) bond motifs is 1. The number of rotatable bonds is 5. The van der Waals surface area contributed by atoms with Gasteiger partial charge in [-0.3, -0.25) is 19.2 Å². The van der Waals surface area contributed by atoms with E-state index in [1.165, 1.54) is 5.56 Å². The molecule has 2 N–H and O–H groups in total. The van der Waals surface area contributed by atoms with E-state index in [1.54, 1.807) is 4.68 Å². The molecule has 7 nitrogen and oxygen atoms in total. The number of nitrogens with one attached hydrogen (secondary N) is 2. The summed E-state index contributed by atoms with van der Waals surface area (Å²) in [6.07, 6.45) is 5.86. The van der Waals surface area contributed by atoms with Crippen molar-refractivity contribution in [1.29, 1.82) is 0 Å². The standard InChI is InChI=1S/C23H31N5O2/c1-16-19(14-27(3)26-16)24-22(30)15-28-18(12-17-8-5-4-6-9-17)13-23(2)20(28)10-7-11-21(29)25-23/h4-6,8-9,14,18,20H,7,10-13,15H2,1-3H3,(H,24,30)(H,25,29)/t18-,20+,23+/m1/s1. The summed E-state index contributed by atoms with van der Waals surface area (Å²) < 4.78 is 1.71. The summed E-state index contributed by atoms with van der Waals surface area (Å²) >= 11 is 0. The number of likely N-dealkylation sites (tertiary alicyclic amines) is 1. The minimum Gasteiger partial charge on any atom is -0.349 e. The van der Waals surface area contributed by atoms with E-state index in [1.807, 2.05) is 38.4 Å². The third kappa shape index (κ3) is 4.26. The van der Waals surface area contributed by atoms with Gasteiger partial charge in [-0.15, -0.1) is 0 Å². The first-order valence-corrected chi connectivity index (χ1v) is 10.7. The van der Waals surface area contributed by atoms with Crippen molar-refractivity contribution >= 4 is 17.5 Å². The molecular weight excluding hydrogens is 378 g/mol. The fourth-order valence-electron chi connectivity index (χ4n) is 5.21. The van der Waals surface area contributed by atoms with E-state index in [9.17, 15) is 9.59 Å². The zero-order chi connectivity index (χ0) is 21.3. The molecule has 2 aliphatic rings. The van der Waals surface area contributed by atoms with Gasteiger partial charge in [0.1, 0.15) is 0 Å². The van der Waals surface area contributed by atoms with Crippen molar-refractivity contribution in [3.63, 3.8) is 0 Å². The zero-order valence-corrected chi connectivity index (χ0v) is 18.0. The summed E-state index contributed by atoms with van der Waals surface area (Å²) in [4.78, 5) is 27.6. The number of carbonyl (C=O) groups excluding carboxylic acids is 2. The van der Waals surface area contributed by atoms with Gasteiger partial charge in [-0.05, 0) is 45.1 Å². The normalized spacial score (nSPS) is 26.7. The molecule has 0 bridgehead atoms. The minimum atomic E-state index is -0.308. The minimum absolute atomic E-state index is 0.0380. The van der Waals surface area contributed by atoms with E-state index in [2.05, 4.69) is 39.7 Å². The van der Waals surface area contributed by atoms with Crippen molar-refractivity contribution in [3.8, 4) is 0 Å². The maximum Gasteiger partial charge on any atom is 0.238 e. The SMILES string of the molecule is Cc1nn(C)cc1NC(=O)CN1[C@H](Cc2ccccc2)C[C@]2(C)NC(=O)CCC[C@H]12. The molecule has 4 rings (SSSR count). The van der Waals surface area contributed by atoms with Gasteiger partial charge >= 0.3 is 0 Å². The van der Waals surface area contributed by atoms with Crippen molar-refractivity contribution in [1.82, 2.24) is 20.0 Å². The maximum atomic E-state index is 13.0. The fraction of sp³-hybridized carbons (Fsp3) is 0.522. The molecule has 2 saturated heterocycles. The highest BCUT2D eigenvalue weighted by molar-refractivity contribution is 5.92. The molecule has 2 fully saturated rings. The van der Waals surface area contributed by atoms with Crippen molar-refractivity contribution in [2.45, 2.75) is 63.6 Å². The van der Waals surface area contributed by atoms with Crippen LogP contribution in [0.2, 0.25) is 0 Å². The Bertz CT molecular complexity index is 925. The van der Waals surface area contributed by atoms with Crippen LogP contribution in [0.1, 0.15) is 43.9 Å². The second kappa shape index (κ2) is 8.22. The average Bonchev–Trinajstić information content (AvgIpc) is 3.06.